The number of nitrogens with one attached hydrogen (secondary N) is 1. The van der Waals surface area contributed by atoms with Crippen molar-refractivity contribution < 1.29 is 17.0 Å². The second kappa shape index (κ2) is 5.45. The summed E-state index contributed by atoms with van der Waals surface area (Å²) < 4.78 is 1.14. The molecule has 1 heterocycles. The van der Waals surface area contributed by atoms with Crippen molar-refractivity contribution in [1.29, 1.82) is 5.41 Å². The summed E-state index contributed by atoms with van der Waals surface area (Å²) in [5.41, 5.74) is 6.58. The zero-order valence-electron chi connectivity index (χ0n) is 9.20. The number of amidine groups is 1. The Labute approximate surface area is 100 Å². The van der Waals surface area contributed by atoms with Gasteiger partial charge in [0, 0.05) is 0 Å². The summed E-state index contributed by atoms with van der Waals surface area (Å²) in [6, 6.07) is 0.579. The molecule has 0 atom stereocenters. The van der Waals surface area contributed by atoms with Crippen LogP contribution in [0.2, 0.25) is 0 Å². The summed E-state index contributed by atoms with van der Waals surface area (Å²) in [6.45, 7) is 6.41. The van der Waals surface area contributed by atoms with E-state index in [1.165, 1.54) is 5.57 Å². The summed E-state index contributed by atoms with van der Waals surface area (Å²) in [7, 11) is 0. The van der Waals surface area contributed by atoms with Gasteiger partial charge in [0.2, 0.25) is 0 Å². The summed E-state index contributed by atoms with van der Waals surface area (Å²) in [4.78, 5) is 2.39. The van der Waals surface area contributed by atoms with Crippen LogP contribution in [0.25, 0.3) is 0 Å². The van der Waals surface area contributed by atoms with E-state index < -0.39 is 0 Å². The number of nitrogens with zero attached hydrogens (tertiary/aromatic N) is 1. The van der Waals surface area contributed by atoms with Crippen LogP contribution >= 0.6 is 0 Å². The molecule has 0 unspecified atom stereocenters. The van der Waals surface area contributed by atoms with Crippen LogP contribution in [0.4, 0.5) is 0 Å². The Morgan fingerprint density at radius 2 is 2.27 bits per heavy atom. The maximum atomic E-state index is 7.11. The Morgan fingerprint density at radius 3 is 2.73 bits per heavy atom. The zero-order valence-corrected chi connectivity index (χ0v) is 10.6. The van der Waals surface area contributed by atoms with Gasteiger partial charge in [0.1, 0.15) is 0 Å². The molecule has 0 bridgehead atoms. The van der Waals surface area contributed by atoms with E-state index in [0.717, 1.165) is 17.3 Å². The van der Waals surface area contributed by atoms with Crippen molar-refractivity contribution in [2.45, 2.75) is 19.9 Å². The van der Waals surface area contributed by atoms with Gasteiger partial charge in [0.05, 0.1) is 0 Å². The average molecular weight is 242 g/mol. The zero-order chi connectivity index (χ0) is 11.4. The molecule has 0 amide bonds. The molecule has 0 radical (unpaired) electrons. The van der Waals surface area contributed by atoms with Crippen molar-refractivity contribution in [2.24, 2.45) is 5.73 Å². The first-order valence-electron chi connectivity index (χ1n) is 5.02. The third-order valence-electron chi connectivity index (χ3n) is 2.43. The molecule has 0 aromatic heterocycles. The van der Waals surface area contributed by atoms with Gasteiger partial charge in [-0.05, 0) is 0 Å². The number of hydrogen-bond donors (Lipinski definition) is 2. The molecule has 4 heteroatoms. The van der Waals surface area contributed by atoms with Crippen molar-refractivity contribution in [2.75, 3.05) is 13.1 Å². The van der Waals surface area contributed by atoms with Crippen LogP contribution in [0.3, 0.4) is 0 Å². The van der Waals surface area contributed by atoms with Crippen molar-refractivity contribution in [3.63, 3.8) is 0 Å². The topological polar surface area (TPSA) is 53.1 Å². The first kappa shape index (κ1) is 12.4. The van der Waals surface area contributed by atoms with Crippen LogP contribution in [0, 0.1) is 5.41 Å². The van der Waals surface area contributed by atoms with Gasteiger partial charge < -0.3 is 0 Å². The molecule has 1 rings (SSSR count). The molecular weight excluding hydrogens is 225 g/mol. The predicted octanol–water partition coefficient (Wildman–Crippen LogP) is 0.848. The molecule has 81 valence electrons. The third-order valence-corrected chi connectivity index (χ3v) is 3.11. The van der Waals surface area contributed by atoms with Crippen molar-refractivity contribution in [1.82, 2.24) is 4.90 Å². The van der Waals surface area contributed by atoms with E-state index in [9.17, 15) is 0 Å². The summed E-state index contributed by atoms with van der Waals surface area (Å²) >= 11 is 2.54. The Bertz CT molecular complexity index is 329. The summed E-state index contributed by atoms with van der Waals surface area (Å²) in [5, 5.41) is 7.11. The second-order valence-corrected chi connectivity index (χ2v) is 4.68. The van der Waals surface area contributed by atoms with Crippen LogP contribution in [0.5, 0.6) is 0 Å². The standard InChI is InChI=1S/C11H17N3.V/c1-9(2)14-7-6-10(8-14)4-3-5-11(12)13;/h3,5-6,9H,7-8H2,1-2H3,(H3,12,13);. The molecule has 0 aromatic carbocycles. The molecule has 0 spiro atoms. The van der Waals surface area contributed by atoms with Crippen molar-refractivity contribution in [3.8, 4) is 0 Å². The Kier molecular flexibility index (Phi) is 4.52. The van der Waals surface area contributed by atoms with Crippen LogP contribution < -0.4 is 5.73 Å². The van der Waals surface area contributed by atoms with Crippen molar-refractivity contribution >= 4 is 10.1 Å². The van der Waals surface area contributed by atoms with Crippen molar-refractivity contribution in [3.05, 3.63) is 23.8 Å². The fourth-order valence-electron chi connectivity index (χ4n) is 1.43. The average Bonchev–Trinajstić information content (AvgIpc) is 2.62. The molecule has 15 heavy (non-hydrogen) atoms. The molecule has 3 N–H and O–H groups in total. The van der Waals surface area contributed by atoms with Gasteiger partial charge in [0.15, 0.2) is 0 Å². The predicted molar refractivity (Wildman–Crippen MR) is 60.9 cm³/mol. The summed E-state index contributed by atoms with van der Waals surface area (Å²) in [6.07, 6.45) is 5.74. The van der Waals surface area contributed by atoms with Gasteiger partial charge in [-0.25, -0.2) is 0 Å². The number of allylic oxidation sites excluding steroid dienone is 1. The SMILES string of the molecule is CC(C)N1CC=C([C](=[V])C=CC(=N)N)C1. The fourth-order valence-corrected chi connectivity index (χ4v) is 1.80. The molecule has 0 aliphatic carbocycles. The molecule has 1 aliphatic heterocycles. The van der Waals surface area contributed by atoms with Gasteiger partial charge >= 0.3 is 99.9 Å². The molecule has 3 nitrogen and oxygen atoms in total. The molecular formula is C11H17N3V. The first-order chi connectivity index (χ1) is 7.00. The Balaban J connectivity index is 2.54. The molecule has 0 saturated carbocycles. The van der Waals surface area contributed by atoms with E-state index in [1.54, 1.807) is 6.08 Å². The molecule has 0 aromatic rings. The van der Waals surface area contributed by atoms with E-state index in [2.05, 4.69) is 41.8 Å². The van der Waals surface area contributed by atoms with Gasteiger partial charge in [-0.1, -0.05) is 0 Å². The van der Waals surface area contributed by atoms with Gasteiger partial charge in [-0.3, -0.25) is 0 Å². The molecule has 1 aliphatic rings. The first-order valence-corrected chi connectivity index (χ1v) is 5.72. The fraction of sp³-hybridized carbons (Fsp3) is 0.455. The normalized spacial score (nSPS) is 17.3. The minimum absolute atomic E-state index is 0.0952. The van der Waals surface area contributed by atoms with E-state index >= 15 is 0 Å². The van der Waals surface area contributed by atoms with E-state index in [0.29, 0.717) is 6.04 Å². The van der Waals surface area contributed by atoms with Crippen LogP contribution in [-0.2, 0) is 17.0 Å². The number of hydrogen-bond acceptors (Lipinski definition) is 2. The Morgan fingerprint density at radius 1 is 1.60 bits per heavy atom. The minimum atomic E-state index is 0.0952. The Hall–Kier alpha value is -0.636. The molecule has 0 saturated heterocycles. The van der Waals surface area contributed by atoms with Gasteiger partial charge in [0.25, 0.3) is 0 Å². The third kappa shape index (κ3) is 3.78. The summed E-state index contributed by atoms with van der Waals surface area (Å²) in [5.74, 6) is 0.0952. The number of rotatable bonds is 4. The van der Waals surface area contributed by atoms with E-state index in [-0.39, 0.29) is 5.84 Å². The second-order valence-electron chi connectivity index (χ2n) is 3.93. The quantitative estimate of drug-likeness (QED) is 0.567. The van der Waals surface area contributed by atoms with Crippen LogP contribution in [0.1, 0.15) is 13.8 Å². The van der Waals surface area contributed by atoms with Gasteiger partial charge in [-0.2, -0.15) is 0 Å². The maximum absolute atomic E-state index is 7.11. The number of nitrogens with two attached hydrogens (primary N) is 1. The monoisotopic (exact) mass is 242 g/mol. The van der Waals surface area contributed by atoms with E-state index in [1.807, 2.05) is 6.08 Å². The van der Waals surface area contributed by atoms with E-state index in [4.69, 9.17) is 11.1 Å². The van der Waals surface area contributed by atoms with Crippen LogP contribution in [0.15, 0.2) is 23.8 Å². The van der Waals surface area contributed by atoms with Gasteiger partial charge in [-0.15, -0.1) is 0 Å². The molecule has 0 fully saturated rings. The van der Waals surface area contributed by atoms with Crippen LogP contribution in [-0.4, -0.2) is 34.1 Å².